The van der Waals surface area contributed by atoms with Gasteiger partial charge in [-0.15, -0.1) is 0 Å². The van der Waals surface area contributed by atoms with Gasteiger partial charge in [0.2, 0.25) is 0 Å². The van der Waals surface area contributed by atoms with Crippen LogP contribution in [0.15, 0.2) is 0 Å². The standard InChI is InChI=1S/C4H9NO2S/c1-8-2-3(5)4(6)7/h3H,2,5H2,1H3,(H,6,7)/p-1. The minimum Gasteiger partial charge on any atom is -0.548 e. The third kappa shape index (κ3) is 2.87. The molecule has 0 aliphatic heterocycles. The average molecular weight is 134 g/mol. The largest absolute Gasteiger partial charge is 0.548 e. The Morgan fingerprint density at radius 2 is 2.50 bits per heavy atom. The first kappa shape index (κ1) is 7.78. The predicted octanol–water partition coefficient (Wildman–Crippen LogP) is -1.57. The van der Waals surface area contributed by atoms with E-state index in [9.17, 15) is 9.90 Å². The Hall–Kier alpha value is -0.220. The minimum absolute atomic E-state index is 0.419. The van der Waals surface area contributed by atoms with Crippen LogP contribution < -0.4 is 10.8 Å². The van der Waals surface area contributed by atoms with E-state index in [0.717, 1.165) is 0 Å². The molecule has 0 spiro atoms. The van der Waals surface area contributed by atoms with Crippen molar-refractivity contribution in [1.82, 2.24) is 0 Å². The molecule has 2 N–H and O–H groups in total. The number of carbonyl (C=O) groups is 1. The van der Waals surface area contributed by atoms with Crippen LogP contribution in [0.5, 0.6) is 0 Å². The molecule has 1 unspecified atom stereocenters. The molecular weight excluding hydrogens is 126 g/mol. The lowest BCUT2D eigenvalue weighted by molar-refractivity contribution is -0.306. The number of carboxylic acid groups (broad SMARTS) is 1. The van der Waals surface area contributed by atoms with Crippen LogP contribution in [0.1, 0.15) is 0 Å². The highest BCUT2D eigenvalue weighted by Crippen LogP contribution is 1.92. The molecule has 0 radical (unpaired) electrons. The molecule has 0 aromatic heterocycles. The number of rotatable bonds is 3. The Kier molecular flexibility index (Phi) is 3.64. The van der Waals surface area contributed by atoms with E-state index in [1.165, 1.54) is 11.8 Å². The highest BCUT2D eigenvalue weighted by Gasteiger charge is 1.98. The summed E-state index contributed by atoms with van der Waals surface area (Å²) in [6, 6.07) is -0.815. The third-order valence-corrected chi connectivity index (χ3v) is 1.34. The molecule has 4 heteroatoms. The fourth-order valence-corrected chi connectivity index (χ4v) is 0.743. The highest BCUT2D eigenvalue weighted by molar-refractivity contribution is 7.98. The zero-order chi connectivity index (χ0) is 6.57. The first-order valence-electron chi connectivity index (χ1n) is 2.14. The maximum absolute atomic E-state index is 9.84. The summed E-state index contributed by atoms with van der Waals surface area (Å²) < 4.78 is 0. The lowest BCUT2D eigenvalue weighted by Gasteiger charge is -2.08. The van der Waals surface area contributed by atoms with Gasteiger partial charge in [0, 0.05) is 5.75 Å². The molecule has 0 aliphatic rings. The van der Waals surface area contributed by atoms with Crippen LogP contribution in [0.4, 0.5) is 0 Å². The summed E-state index contributed by atoms with van der Waals surface area (Å²) in [6.07, 6.45) is 1.79. The summed E-state index contributed by atoms with van der Waals surface area (Å²) in [4.78, 5) is 9.84. The summed E-state index contributed by atoms with van der Waals surface area (Å²) in [7, 11) is 0. The van der Waals surface area contributed by atoms with E-state index in [2.05, 4.69) is 0 Å². The summed E-state index contributed by atoms with van der Waals surface area (Å²) in [6.45, 7) is 0. The second-order valence-electron chi connectivity index (χ2n) is 1.38. The molecule has 8 heavy (non-hydrogen) atoms. The zero-order valence-electron chi connectivity index (χ0n) is 4.59. The van der Waals surface area contributed by atoms with Gasteiger partial charge in [-0.2, -0.15) is 11.8 Å². The second kappa shape index (κ2) is 3.74. The Morgan fingerprint density at radius 1 is 2.00 bits per heavy atom. The quantitative estimate of drug-likeness (QED) is 0.506. The first-order valence-corrected chi connectivity index (χ1v) is 3.53. The van der Waals surface area contributed by atoms with Gasteiger partial charge in [0.15, 0.2) is 0 Å². The van der Waals surface area contributed by atoms with E-state index >= 15 is 0 Å². The van der Waals surface area contributed by atoms with Crippen molar-refractivity contribution in [2.75, 3.05) is 12.0 Å². The van der Waals surface area contributed by atoms with Crippen molar-refractivity contribution in [2.45, 2.75) is 6.04 Å². The fraction of sp³-hybridized carbons (Fsp3) is 0.750. The molecule has 0 bridgehead atoms. The zero-order valence-corrected chi connectivity index (χ0v) is 5.40. The van der Waals surface area contributed by atoms with Gasteiger partial charge in [-0.05, 0) is 6.26 Å². The molecule has 0 saturated carbocycles. The van der Waals surface area contributed by atoms with Gasteiger partial charge in [0.25, 0.3) is 0 Å². The Labute approximate surface area is 52.3 Å². The maximum Gasteiger partial charge on any atom is 0.0590 e. The summed E-state index contributed by atoms with van der Waals surface area (Å²) >= 11 is 1.39. The number of carbonyl (C=O) groups excluding carboxylic acids is 1. The summed E-state index contributed by atoms with van der Waals surface area (Å²) in [5.41, 5.74) is 5.04. The molecule has 48 valence electrons. The topological polar surface area (TPSA) is 66.2 Å². The van der Waals surface area contributed by atoms with E-state index in [1.807, 2.05) is 0 Å². The van der Waals surface area contributed by atoms with Crippen molar-refractivity contribution in [3.63, 3.8) is 0 Å². The molecule has 3 nitrogen and oxygen atoms in total. The van der Waals surface area contributed by atoms with Crippen LogP contribution in [0.3, 0.4) is 0 Å². The van der Waals surface area contributed by atoms with Gasteiger partial charge in [-0.25, -0.2) is 0 Å². The van der Waals surface area contributed by atoms with Gasteiger partial charge in [0.1, 0.15) is 0 Å². The Morgan fingerprint density at radius 3 is 2.62 bits per heavy atom. The number of nitrogens with two attached hydrogens (primary N) is 1. The SMILES string of the molecule is CSCC(N)C(=O)[O-]. The van der Waals surface area contributed by atoms with E-state index < -0.39 is 12.0 Å². The molecule has 0 fully saturated rings. The van der Waals surface area contributed by atoms with Crippen LogP contribution in [0.25, 0.3) is 0 Å². The average Bonchev–Trinajstić information content (AvgIpc) is 1.67. The van der Waals surface area contributed by atoms with Crippen LogP contribution in [-0.2, 0) is 4.79 Å². The highest BCUT2D eigenvalue weighted by atomic mass is 32.2. The van der Waals surface area contributed by atoms with E-state index in [1.54, 1.807) is 6.26 Å². The van der Waals surface area contributed by atoms with Crippen LogP contribution >= 0.6 is 11.8 Å². The monoisotopic (exact) mass is 134 g/mol. The Bertz CT molecular complexity index is 86.1. The molecule has 0 saturated heterocycles. The summed E-state index contributed by atoms with van der Waals surface area (Å²) in [5.74, 6) is -0.762. The predicted molar refractivity (Wildman–Crippen MR) is 31.4 cm³/mol. The normalized spacial score (nSPS) is 13.2. The molecule has 0 aliphatic carbocycles. The van der Waals surface area contributed by atoms with Crippen molar-refractivity contribution in [3.05, 3.63) is 0 Å². The molecule has 0 heterocycles. The van der Waals surface area contributed by atoms with E-state index in [4.69, 9.17) is 5.73 Å². The van der Waals surface area contributed by atoms with Crippen molar-refractivity contribution in [3.8, 4) is 0 Å². The van der Waals surface area contributed by atoms with Crippen molar-refractivity contribution < 1.29 is 9.90 Å². The molecular formula is C4H8NO2S-. The lowest BCUT2D eigenvalue weighted by Crippen LogP contribution is -2.43. The van der Waals surface area contributed by atoms with Gasteiger partial charge in [0.05, 0.1) is 12.0 Å². The van der Waals surface area contributed by atoms with Crippen molar-refractivity contribution in [1.29, 1.82) is 0 Å². The van der Waals surface area contributed by atoms with Gasteiger partial charge >= 0.3 is 0 Å². The maximum atomic E-state index is 9.84. The minimum atomic E-state index is -1.18. The van der Waals surface area contributed by atoms with Crippen molar-refractivity contribution in [2.24, 2.45) is 5.73 Å². The molecule has 0 aromatic rings. The number of carboxylic acids is 1. The third-order valence-electron chi connectivity index (χ3n) is 0.649. The first-order chi connectivity index (χ1) is 3.68. The summed E-state index contributed by atoms with van der Waals surface area (Å²) in [5, 5.41) is 9.84. The molecule has 0 aromatic carbocycles. The molecule has 0 rings (SSSR count). The molecule has 1 atom stereocenters. The van der Waals surface area contributed by atoms with Crippen LogP contribution in [0, 0.1) is 0 Å². The van der Waals surface area contributed by atoms with Gasteiger partial charge < -0.3 is 15.6 Å². The number of thioether (sulfide) groups is 1. The smallest absolute Gasteiger partial charge is 0.0590 e. The van der Waals surface area contributed by atoms with Crippen molar-refractivity contribution >= 4 is 17.7 Å². The van der Waals surface area contributed by atoms with E-state index in [-0.39, 0.29) is 0 Å². The lowest BCUT2D eigenvalue weighted by atomic mass is 10.4. The van der Waals surface area contributed by atoms with Crippen LogP contribution in [0.2, 0.25) is 0 Å². The van der Waals surface area contributed by atoms with E-state index in [0.29, 0.717) is 5.75 Å². The number of aliphatic carboxylic acids is 1. The van der Waals surface area contributed by atoms with Gasteiger partial charge in [-0.3, -0.25) is 0 Å². The number of hydrogen-bond donors (Lipinski definition) is 1. The molecule has 0 amide bonds. The number of hydrogen-bond acceptors (Lipinski definition) is 4. The fourth-order valence-electron chi connectivity index (χ4n) is 0.248. The van der Waals surface area contributed by atoms with Gasteiger partial charge in [-0.1, -0.05) is 0 Å². The van der Waals surface area contributed by atoms with Crippen LogP contribution in [-0.4, -0.2) is 24.0 Å². The second-order valence-corrected chi connectivity index (χ2v) is 2.29. The Balaban J connectivity index is 3.32.